The maximum absolute atomic E-state index is 10.7. The summed E-state index contributed by atoms with van der Waals surface area (Å²) in [6.45, 7) is 2.54. The Hall–Kier alpha value is -0.450. The maximum Gasteiger partial charge on any atom is 0.422 e. The lowest BCUT2D eigenvalue weighted by Crippen LogP contribution is -2.23. The van der Waals surface area contributed by atoms with E-state index in [0.717, 1.165) is 6.26 Å². The summed E-state index contributed by atoms with van der Waals surface area (Å²) in [5, 5.41) is 0. The standard InChI is InChI=1S/C6H5Cl3O4/c1-2-12-4(10)5(11)13-3-6(7,8)9/h2H,1,3H2. The molecule has 0 rings (SSSR count). The maximum atomic E-state index is 10.7. The molecule has 0 spiro atoms. The second kappa shape index (κ2) is 5.32. The molecule has 0 N–H and O–H groups in total. The Morgan fingerprint density at radius 2 is 1.85 bits per heavy atom. The van der Waals surface area contributed by atoms with E-state index in [1.165, 1.54) is 0 Å². The number of ether oxygens (including phenoxy) is 2. The third-order valence-corrected chi connectivity index (χ3v) is 1.05. The van der Waals surface area contributed by atoms with E-state index in [2.05, 4.69) is 16.1 Å². The van der Waals surface area contributed by atoms with Crippen LogP contribution in [0.4, 0.5) is 0 Å². The van der Waals surface area contributed by atoms with Gasteiger partial charge in [-0.1, -0.05) is 41.4 Å². The number of alkyl halides is 3. The van der Waals surface area contributed by atoms with E-state index in [-0.39, 0.29) is 0 Å². The first-order valence-electron chi connectivity index (χ1n) is 2.92. The fraction of sp³-hybridized carbons (Fsp3) is 0.333. The fourth-order valence-electron chi connectivity index (χ4n) is 0.330. The summed E-state index contributed by atoms with van der Waals surface area (Å²) in [5.41, 5.74) is 0. The Morgan fingerprint density at radius 1 is 1.31 bits per heavy atom. The molecular formula is C6H5Cl3O4. The van der Waals surface area contributed by atoms with Gasteiger partial charge in [-0.05, 0) is 0 Å². The molecule has 0 aliphatic heterocycles. The van der Waals surface area contributed by atoms with E-state index in [0.29, 0.717) is 0 Å². The zero-order valence-corrected chi connectivity index (χ0v) is 8.53. The van der Waals surface area contributed by atoms with Gasteiger partial charge in [0.05, 0.1) is 6.26 Å². The summed E-state index contributed by atoms with van der Waals surface area (Å²) in [6.07, 6.45) is 0.791. The molecule has 0 bridgehead atoms. The quantitative estimate of drug-likeness (QED) is 0.322. The van der Waals surface area contributed by atoms with Crippen molar-refractivity contribution in [2.45, 2.75) is 3.79 Å². The number of carbonyl (C=O) groups is 2. The zero-order valence-electron chi connectivity index (χ0n) is 6.26. The van der Waals surface area contributed by atoms with E-state index >= 15 is 0 Å². The van der Waals surface area contributed by atoms with Crippen LogP contribution in [0, 0.1) is 0 Å². The van der Waals surface area contributed by atoms with Crippen molar-refractivity contribution in [1.82, 2.24) is 0 Å². The van der Waals surface area contributed by atoms with Gasteiger partial charge in [0, 0.05) is 0 Å². The molecule has 0 atom stereocenters. The van der Waals surface area contributed by atoms with Crippen molar-refractivity contribution < 1.29 is 19.1 Å². The summed E-state index contributed by atoms with van der Waals surface area (Å²) in [4.78, 5) is 21.2. The molecule has 0 aliphatic carbocycles. The summed E-state index contributed by atoms with van der Waals surface area (Å²) in [5.74, 6) is -2.46. The highest BCUT2D eigenvalue weighted by Crippen LogP contribution is 2.25. The van der Waals surface area contributed by atoms with Gasteiger partial charge in [0.15, 0.2) is 0 Å². The highest BCUT2D eigenvalue weighted by atomic mass is 35.6. The zero-order chi connectivity index (χ0) is 10.5. The second-order valence-corrected chi connectivity index (χ2v) is 4.28. The first-order valence-corrected chi connectivity index (χ1v) is 4.05. The van der Waals surface area contributed by atoms with Crippen LogP contribution in [0.1, 0.15) is 0 Å². The second-order valence-electron chi connectivity index (χ2n) is 1.76. The van der Waals surface area contributed by atoms with Crippen molar-refractivity contribution in [3.05, 3.63) is 12.8 Å². The van der Waals surface area contributed by atoms with Crippen LogP contribution in [0.5, 0.6) is 0 Å². The number of carbonyl (C=O) groups excluding carboxylic acids is 2. The van der Waals surface area contributed by atoms with Crippen LogP contribution in [0.2, 0.25) is 0 Å². The topological polar surface area (TPSA) is 52.6 Å². The Kier molecular flexibility index (Phi) is 5.13. The molecule has 7 heteroatoms. The van der Waals surface area contributed by atoms with Gasteiger partial charge in [0.1, 0.15) is 6.61 Å². The van der Waals surface area contributed by atoms with Crippen molar-refractivity contribution in [1.29, 1.82) is 0 Å². The predicted molar refractivity (Wildman–Crippen MR) is 47.5 cm³/mol. The third-order valence-electron chi connectivity index (χ3n) is 0.724. The van der Waals surface area contributed by atoms with E-state index in [9.17, 15) is 9.59 Å². The van der Waals surface area contributed by atoms with Gasteiger partial charge in [0.2, 0.25) is 3.79 Å². The van der Waals surface area contributed by atoms with Crippen LogP contribution in [-0.4, -0.2) is 22.3 Å². The van der Waals surface area contributed by atoms with Crippen LogP contribution in [-0.2, 0) is 19.1 Å². The Morgan fingerprint density at radius 3 is 2.23 bits per heavy atom. The van der Waals surface area contributed by atoms with E-state index < -0.39 is 22.3 Å². The normalized spacial score (nSPS) is 10.4. The summed E-state index contributed by atoms with van der Waals surface area (Å²) in [7, 11) is 0. The molecule has 0 unspecified atom stereocenters. The first-order chi connectivity index (χ1) is 5.87. The average Bonchev–Trinajstić information content (AvgIpc) is 1.99. The predicted octanol–water partition coefficient (Wildman–Crippen LogP) is 1.59. The van der Waals surface area contributed by atoms with Crippen molar-refractivity contribution in [3.8, 4) is 0 Å². The van der Waals surface area contributed by atoms with Crippen LogP contribution in [0.15, 0.2) is 12.8 Å². The van der Waals surface area contributed by atoms with Gasteiger partial charge in [-0.15, -0.1) is 0 Å². The minimum atomic E-state index is -1.75. The van der Waals surface area contributed by atoms with Crippen molar-refractivity contribution >= 4 is 46.7 Å². The smallest absolute Gasteiger partial charge is 0.422 e. The lowest BCUT2D eigenvalue weighted by atomic mass is 10.7. The molecule has 0 aliphatic rings. The van der Waals surface area contributed by atoms with Gasteiger partial charge in [-0.25, -0.2) is 9.59 Å². The van der Waals surface area contributed by atoms with Gasteiger partial charge in [-0.2, -0.15) is 0 Å². The van der Waals surface area contributed by atoms with Crippen molar-refractivity contribution in [2.24, 2.45) is 0 Å². The summed E-state index contributed by atoms with van der Waals surface area (Å²) >= 11 is 15.7. The summed E-state index contributed by atoms with van der Waals surface area (Å²) in [6, 6.07) is 0. The molecule has 0 saturated heterocycles. The number of halogens is 3. The number of rotatable bonds is 2. The van der Waals surface area contributed by atoms with E-state index in [4.69, 9.17) is 34.8 Å². The first kappa shape index (κ1) is 12.6. The van der Waals surface area contributed by atoms with Crippen molar-refractivity contribution in [3.63, 3.8) is 0 Å². The van der Waals surface area contributed by atoms with Gasteiger partial charge in [-0.3, -0.25) is 0 Å². The number of hydrogen-bond donors (Lipinski definition) is 0. The minimum Gasteiger partial charge on any atom is -0.453 e. The lowest BCUT2D eigenvalue weighted by molar-refractivity contribution is -0.164. The van der Waals surface area contributed by atoms with E-state index in [1.807, 2.05) is 0 Å². The van der Waals surface area contributed by atoms with Crippen molar-refractivity contribution in [2.75, 3.05) is 6.61 Å². The fourth-order valence-corrected chi connectivity index (χ4v) is 0.494. The van der Waals surface area contributed by atoms with Crippen LogP contribution in [0.3, 0.4) is 0 Å². The largest absolute Gasteiger partial charge is 0.453 e. The molecule has 0 aromatic carbocycles. The molecule has 13 heavy (non-hydrogen) atoms. The molecule has 0 aromatic heterocycles. The molecule has 4 nitrogen and oxygen atoms in total. The minimum absolute atomic E-state index is 0.525. The highest BCUT2D eigenvalue weighted by Gasteiger charge is 2.25. The Balaban J connectivity index is 3.88. The van der Waals surface area contributed by atoms with Crippen LogP contribution >= 0.6 is 34.8 Å². The third kappa shape index (κ3) is 6.69. The van der Waals surface area contributed by atoms with Gasteiger partial charge >= 0.3 is 11.9 Å². The van der Waals surface area contributed by atoms with E-state index in [1.54, 1.807) is 0 Å². The highest BCUT2D eigenvalue weighted by molar-refractivity contribution is 6.67. The van der Waals surface area contributed by atoms with Crippen LogP contribution < -0.4 is 0 Å². The van der Waals surface area contributed by atoms with Crippen LogP contribution in [0.25, 0.3) is 0 Å². The Bertz CT molecular complexity index is 220. The van der Waals surface area contributed by atoms with Gasteiger partial charge in [0.25, 0.3) is 0 Å². The molecule has 0 radical (unpaired) electrons. The molecular weight excluding hydrogens is 242 g/mol. The molecule has 0 fully saturated rings. The number of esters is 2. The average molecular weight is 247 g/mol. The Labute approximate surface area is 89.3 Å². The molecule has 0 aromatic rings. The molecule has 74 valence electrons. The number of hydrogen-bond acceptors (Lipinski definition) is 4. The summed E-state index contributed by atoms with van der Waals surface area (Å²) < 4.78 is 6.61. The molecule has 0 amide bonds. The van der Waals surface area contributed by atoms with Gasteiger partial charge < -0.3 is 9.47 Å². The SMILES string of the molecule is C=COC(=O)C(=O)OCC(Cl)(Cl)Cl. The monoisotopic (exact) mass is 246 g/mol. The molecule has 0 heterocycles. The molecule has 0 saturated carbocycles. The lowest BCUT2D eigenvalue weighted by Gasteiger charge is -2.09.